The normalized spacial score (nSPS) is 10.3. The van der Waals surface area contributed by atoms with Crippen LogP contribution in [0.4, 0.5) is 0 Å². The van der Waals surface area contributed by atoms with E-state index in [1.54, 1.807) is 0 Å². The molecule has 0 aliphatic heterocycles. The van der Waals surface area contributed by atoms with Crippen LogP contribution in [0.5, 0.6) is 0 Å². The molecule has 7 heteroatoms. The molecular weight excluding hydrogens is 160 g/mol. The quantitative estimate of drug-likeness (QED) is 0.311. The summed E-state index contributed by atoms with van der Waals surface area (Å²) < 4.78 is 4.68. The van der Waals surface area contributed by atoms with Crippen molar-refractivity contribution in [1.29, 1.82) is 0 Å². The van der Waals surface area contributed by atoms with Crippen molar-refractivity contribution in [1.82, 2.24) is 0 Å². The van der Waals surface area contributed by atoms with E-state index >= 15 is 0 Å². The molecule has 0 unspecified atom stereocenters. The van der Waals surface area contributed by atoms with E-state index in [-0.39, 0.29) is 0 Å². The number of hydrogen-bond donors (Lipinski definition) is 4. The van der Waals surface area contributed by atoms with Gasteiger partial charge >= 0.3 is 9.05 Å². The van der Waals surface area contributed by atoms with Gasteiger partial charge in [0.2, 0.25) is 0 Å². The third-order valence-electron chi connectivity index (χ3n) is 0.289. The van der Waals surface area contributed by atoms with Gasteiger partial charge in [0.15, 0.2) is 0 Å². The highest BCUT2D eigenvalue weighted by atomic mass is 28.4. The van der Waals surface area contributed by atoms with Gasteiger partial charge in [0.25, 0.3) is 0 Å². The molecule has 0 aromatic carbocycles. The Morgan fingerprint density at radius 2 is 1.44 bits per heavy atom. The van der Waals surface area contributed by atoms with Crippen molar-refractivity contribution >= 4 is 19.5 Å². The van der Waals surface area contributed by atoms with Crippen LogP contribution in [0, 0.1) is 0 Å². The van der Waals surface area contributed by atoms with Crippen LogP contribution in [0.15, 0.2) is 0 Å². The largest absolute Gasteiger partial charge is 0.668 e. The van der Waals surface area contributed by atoms with Gasteiger partial charge in [-0.15, -0.1) is 0 Å². The fraction of sp³-hybridized carbons (Fsp3) is 1.00. The van der Waals surface area contributed by atoms with Gasteiger partial charge in [-0.1, -0.05) is 0 Å². The van der Waals surface area contributed by atoms with Crippen LogP contribution < -0.4 is 0 Å². The standard InChI is InChI=1S/C2H8OSi.H4O4Si/c1-2-3-4;1-5(2,3)4/h2H2,1,4H3;1-4H. The maximum Gasteiger partial charge on any atom is 0.668 e. The molecule has 0 saturated heterocycles. The predicted molar refractivity (Wildman–Crippen MR) is 36.2 cm³/mol. The lowest BCUT2D eigenvalue weighted by Crippen LogP contribution is -2.33. The third kappa shape index (κ3) is 210. The molecule has 0 spiro atoms. The highest BCUT2D eigenvalue weighted by Crippen LogP contribution is 1.67. The van der Waals surface area contributed by atoms with Crippen LogP contribution in [0.3, 0.4) is 0 Å². The summed E-state index contributed by atoms with van der Waals surface area (Å²) in [5.74, 6) is 0. The summed E-state index contributed by atoms with van der Waals surface area (Å²) in [6.07, 6.45) is 0. The maximum absolute atomic E-state index is 7.33. The lowest BCUT2D eigenvalue weighted by molar-refractivity contribution is 0.117. The van der Waals surface area contributed by atoms with Crippen molar-refractivity contribution in [2.45, 2.75) is 6.92 Å². The Kier molecular flexibility index (Phi) is 8.45. The molecule has 58 valence electrons. The second-order valence-corrected chi connectivity index (χ2v) is 2.95. The first-order chi connectivity index (χ1) is 3.91. The molecule has 9 heavy (non-hydrogen) atoms. The van der Waals surface area contributed by atoms with Gasteiger partial charge < -0.3 is 23.6 Å². The molecule has 0 bridgehead atoms. The Morgan fingerprint density at radius 3 is 1.44 bits per heavy atom. The van der Waals surface area contributed by atoms with E-state index in [4.69, 9.17) is 19.2 Å². The minimum Gasteiger partial charge on any atom is -0.428 e. The highest BCUT2D eigenvalue weighted by molar-refractivity contribution is 6.46. The molecule has 0 aromatic heterocycles. The van der Waals surface area contributed by atoms with Gasteiger partial charge in [-0.2, -0.15) is 0 Å². The maximum atomic E-state index is 7.33. The second kappa shape index (κ2) is 6.36. The van der Waals surface area contributed by atoms with E-state index in [0.717, 1.165) is 17.1 Å². The van der Waals surface area contributed by atoms with Crippen LogP contribution in [0.1, 0.15) is 6.92 Å². The second-order valence-electron chi connectivity index (χ2n) is 1.18. The summed E-state index contributed by atoms with van der Waals surface area (Å²) in [5.41, 5.74) is 0. The first-order valence-corrected chi connectivity index (χ1v) is 4.90. The van der Waals surface area contributed by atoms with E-state index in [2.05, 4.69) is 4.43 Å². The van der Waals surface area contributed by atoms with Crippen molar-refractivity contribution in [2.75, 3.05) is 6.61 Å². The van der Waals surface area contributed by atoms with E-state index in [9.17, 15) is 0 Å². The molecule has 0 heterocycles. The molecule has 0 radical (unpaired) electrons. The summed E-state index contributed by atoms with van der Waals surface area (Å²) in [6, 6.07) is 0. The SMILES string of the molecule is CCO[SiH3].O[Si](O)(O)O. The van der Waals surface area contributed by atoms with Crippen LogP contribution in [-0.2, 0) is 4.43 Å². The van der Waals surface area contributed by atoms with Crippen LogP contribution in [0.25, 0.3) is 0 Å². The topological polar surface area (TPSA) is 90.2 Å². The van der Waals surface area contributed by atoms with Crippen LogP contribution >= 0.6 is 0 Å². The Hall–Kier alpha value is 0.234. The fourth-order valence-corrected chi connectivity index (χ4v) is 0. The zero-order valence-electron chi connectivity index (χ0n) is 5.40. The first-order valence-electron chi connectivity index (χ1n) is 2.30. The van der Waals surface area contributed by atoms with E-state index < -0.39 is 9.05 Å². The summed E-state index contributed by atoms with van der Waals surface area (Å²) in [5, 5.41) is 0. The Balaban J connectivity index is 0. The minimum atomic E-state index is -4.61. The Bertz CT molecular complexity index is 43.4. The fourth-order valence-electron chi connectivity index (χ4n) is 0. The summed E-state index contributed by atoms with van der Waals surface area (Å²) in [7, 11) is -3.72. The van der Waals surface area contributed by atoms with Gasteiger partial charge in [-0.3, -0.25) is 0 Å². The minimum absolute atomic E-state index is 0.881. The monoisotopic (exact) mass is 172 g/mol. The van der Waals surface area contributed by atoms with Gasteiger partial charge in [0.1, 0.15) is 10.5 Å². The van der Waals surface area contributed by atoms with Crippen molar-refractivity contribution in [3.05, 3.63) is 0 Å². The molecule has 0 amide bonds. The lowest BCUT2D eigenvalue weighted by atomic mass is 10.9. The van der Waals surface area contributed by atoms with E-state index in [1.807, 2.05) is 6.92 Å². The zero-order valence-corrected chi connectivity index (χ0v) is 8.40. The van der Waals surface area contributed by atoms with Crippen molar-refractivity contribution in [2.24, 2.45) is 0 Å². The molecule has 0 saturated carbocycles. The van der Waals surface area contributed by atoms with E-state index in [0.29, 0.717) is 0 Å². The molecule has 0 aliphatic carbocycles. The average Bonchev–Trinajstić information content (AvgIpc) is 1.61. The molecule has 0 atom stereocenters. The molecule has 0 rings (SSSR count). The molecule has 0 fully saturated rings. The molecule has 4 N–H and O–H groups in total. The Morgan fingerprint density at radius 1 is 1.33 bits per heavy atom. The number of hydrogen-bond acceptors (Lipinski definition) is 5. The van der Waals surface area contributed by atoms with Crippen molar-refractivity contribution < 1.29 is 23.6 Å². The summed E-state index contributed by atoms with van der Waals surface area (Å²) in [4.78, 5) is 29.3. The van der Waals surface area contributed by atoms with E-state index in [1.165, 1.54) is 0 Å². The smallest absolute Gasteiger partial charge is 0.428 e. The summed E-state index contributed by atoms with van der Waals surface area (Å²) in [6.45, 7) is 2.87. The van der Waals surface area contributed by atoms with Crippen molar-refractivity contribution in [3.8, 4) is 0 Å². The predicted octanol–water partition coefficient (Wildman–Crippen LogP) is -3.31. The average molecular weight is 172 g/mol. The summed E-state index contributed by atoms with van der Waals surface area (Å²) >= 11 is 0. The molecular formula is C2H12O5Si2. The first kappa shape index (κ1) is 12.0. The van der Waals surface area contributed by atoms with Gasteiger partial charge in [-0.05, 0) is 6.92 Å². The van der Waals surface area contributed by atoms with Crippen molar-refractivity contribution in [3.63, 3.8) is 0 Å². The highest BCUT2D eigenvalue weighted by Gasteiger charge is 2.22. The molecule has 5 nitrogen and oxygen atoms in total. The molecule has 0 aliphatic rings. The van der Waals surface area contributed by atoms with Crippen LogP contribution in [0.2, 0.25) is 0 Å². The molecule has 0 aromatic rings. The van der Waals surface area contributed by atoms with Gasteiger partial charge in [-0.25, -0.2) is 0 Å². The zero-order chi connectivity index (χ0) is 7.91. The van der Waals surface area contributed by atoms with Gasteiger partial charge in [0, 0.05) is 6.61 Å². The lowest BCUT2D eigenvalue weighted by Gasteiger charge is -1.91. The van der Waals surface area contributed by atoms with Gasteiger partial charge in [0.05, 0.1) is 0 Å². The third-order valence-corrected chi connectivity index (χ3v) is 0.866. The van der Waals surface area contributed by atoms with Crippen LogP contribution in [-0.4, -0.2) is 45.3 Å². The number of rotatable bonds is 1. The Labute approximate surface area is 57.6 Å².